The van der Waals surface area contributed by atoms with Crippen molar-refractivity contribution in [2.24, 2.45) is 0 Å². The molecule has 2 aromatic heterocycles. The van der Waals surface area contributed by atoms with Crippen LogP contribution >= 0.6 is 0 Å². The van der Waals surface area contributed by atoms with Crippen LogP contribution in [0.5, 0.6) is 0 Å². The van der Waals surface area contributed by atoms with Crippen molar-refractivity contribution in [3.05, 3.63) is 85.0 Å². The van der Waals surface area contributed by atoms with Gasteiger partial charge < -0.3 is 0 Å². The van der Waals surface area contributed by atoms with Gasteiger partial charge in [0.2, 0.25) is 10.0 Å². The minimum absolute atomic E-state index is 0.119. The van der Waals surface area contributed by atoms with Gasteiger partial charge in [0, 0.05) is 29.1 Å². The molecule has 39 heavy (non-hydrogen) atoms. The van der Waals surface area contributed by atoms with Crippen molar-refractivity contribution in [3.8, 4) is 27.9 Å². The quantitative estimate of drug-likeness (QED) is 0.246. The van der Waals surface area contributed by atoms with Gasteiger partial charge >= 0.3 is 0 Å². The predicted octanol–water partition coefficient (Wildman–Crippen LogP) is 6.71. The van der Waals surface area contributed by atoms with Gasteiger partial charge in [-0.2, -0.15) is 5.10 Å². The summed E-state index contributed by atoms with van der Waals surface area (Å²) in [4.78, 5) is 4.59. The van der Waals surface area contributed by atoms with Crippen molar-refractivity contribution in [2.75, 3.05) is 10.5 Å². The molecular formula is C29H27F2N5O2S. The normalized spacial score (nSPS) is 14.3. The van der Waals surface area contributed by atoms with Gasteiger partial charge in [-0.15, -0.1) is 0 Å². The molecule has 0 radical (unpaired) electrons. The molecule has 0 bridgehead atoms. The molecule has 5 aromatic rings. The Labute approximate surface area is 225 Å². The molecule has 0 amide bonds. The lowest BCUT2D eigenvalue weighted by atomic mass is 10.0. The highest BCUT2D eigenvalue weighted by molar-refractivity contribution is 7.92. The summed E-state index contributed by atoms with van der Waals surface area (Å²) < 4.78 is 59.4. The summed E-state index contributed by atoms with van der Waals surface area (Å²) in [6, 6.07) is 14.6. The van der Waals surface area contributed by atoms with E-state index in [0.29, 0.717) is 17.3 Å². The number of nitrogens with zero attached hydrogens (tertiary/aromatic N) is 4. The zero-order chi connectivity index (χ0) is 27.1. The molecule has 0 aliphatic heterocycles. The van der Waals surface area contributed by atoms with Crippen LogP contribution in [0.25, 0.3) is 39.0 Å². The number of imidazole rings is 1. The maximum absolute atomic E-state index is 14.7. The Morgan fingerprint density at radius 1 is 0.974 bits per heavy atom. The topological polar surface area (TPSA) is 81.8 Å². The van der Waals surface area contributed by atoms with Crippen LogP contribution in [0.1, 0.15) is 38.6 Å². The number of anilines is 1. The third kappa shape index (κ3) is 5.04. The fraction of sp³-hybridized carbons (Fsp3) is 0.241. The van der Waals surface area contributed by atoms with E-state index in [1.165, 1.54) is 38.0 Å². The fourth-order valence-electron chi connectivity index (χ4n) is 5.19. The highest BCUT2D eigenvalue weighted by Gasteiger charge is 2.19. The SMILES string of the molecule is CCS(=O)(=O)Nc1cc(-c2ccc(F)cc2F)cc(-n2cnc3cc(-c4cnn(C5CCCC5)c4)ccc32)c1. The molecule has 1 N–H and O–H groups in total. The second-order valence-electron chi connectivity index (χ2n) is 9.86. The smallest absolute Gasteiger partial charge is 0.232 e. The van der Waals surface area contributed by atoms with Crippen molar-refractivity contribution in [3.63, 3.8) is 0 Å². The fourth-order valence-corrected chi connectivity index (χ4v) is 5.81. The van der Waals surface area contributed by atoms with Gasteiger partial charge in [0.1, 0.15) is 18.0 Å². The monoisotopic (exact) mass is 547 g/mol. The number of fused-ring (bicyclic) bond motifs is 1. The van der Waals surface area contributed by atoms with E-state index >= 15 is 0 Å². The molecule has 0 unspecified atom stereocenters. The lowest BCUT2D eigenvalue weighted by molar-refractivity contribution is 0.467. The van der Waals surface area contributed by atoms with Gasteiger partial charge in [-0.05, 0) is 73.4 Å². The molecule has 6 rings (SSSR count). The molecule has 7 nitrogen and oxygen atoms in total. The van der Waals surface area contributed by atoms with Crippen LogP contribution in [-0.2, 0) is 10.0 Å². The van der Waals surface area contributed by atoms with Crippen LogP contribution < -0.4 is 4.72 Å². The minimum Gasteiger partial charge on any atom is -0.299 e. The summed E-state index contributed by atoms with van der Waals surface area (Å²) in [5, 5.41) is 4.59. The van der Waals surface area contributed by atoms with Gasteiger partial charge in [-0.1, -0.05) is 18.9 Å². The van der Waals surface area contributed by atoms with Crippen LogP contribution in [-0.4, -0.2) is 33.5 Å². The van der Waals surface area contributed by atoms with Crippen LogP contribution in [0.3, 0.4) is 0 Å². The zero-order valence-corrected chi connectivity index (χ0v) is 22.1. The number of hydrogen-bond acceptors (Lipinski definition) is 4. The number of halogens is 2. The lowest BCUT2D eigenvalue weighted by Crippen LogP contribution is -2.15. The predicted molar refractivity (Wildman–Crippen MR) is 148 cm³/mol. The number of hydrogen-bond donors (Lipinski definition) is 1. The van der Waals surface area contributed by atoms with Gasteiger partial charge in [-0.3, -0.25) is 14.0 Å². The van der Waals surface area contributed by atoms with E-state index in [-0.39, 0.29) is 17.0 Å². The molecule has 3 aromatic carbocycles. The summed E-state index contributed by atoms with van der Waals surface area (Å²) in [5.74, 6) is -1.55. The summed E-state index contributed by atoms with van der Waals surface area (Å²) in [6.07, 6.45) is 10.4. The highest BCUT2D eigenvalue weighted by Crippen LogP contribution is 2.33. The Morgan fingerprint density at radius 3 is 2.56 bits per heavy atom. The van der Waals surface area contributed by atoms with E-state index in [1.807, 2.05) is 29.0 Å². The number of sulfonamides is 1. The van der Waals surface area contributed by atoms with E-state index < -0.39 is 21.7 Å². The Bertz CT molecular complexity index is 1790. The molecule has 10 heteroatoms. The largest absolute Gasteiger partial charge is 0.299 e. The van der Waals surface area contributed by atoms with E-state index in [1.54, 1.807) is 18.5 Å². The Kier molecular flexibility index (Phi) is 6.42. The van der Waals surface area contributed by atoms with Crippen LogP contribution in [0.4, 0.5) is 14.5 Å². The molecule has 200 valence electrons. The molecule has 1 saturated carbocycles. The first-order valence-electron chi connectivity index (χ1n) is 12.9. The molecule has 1 aliphatic carbocycles. The average molecular weight is 548 g/mol. The number of aromatic nitrogens is 4. The highest BCUT2D eigenvalue weighted by atomic mass is 32.2. The molecule has 1 fully saturated rings. The summed E-state index contributed by atoms with van der Waals surface area (Å²) in [5.41, 5.74) is 4.95. The number of nitrogens with one attached hydrogen (secondary N) is 1. The van der Waals surface area contributed by atoms with E-state index in [0.717, 1.165) is 41.1 Å². The first kappa shape index (κ1) is 25.2. The first-order chi connectivity index (χ1) is 18.8. The maximum Gasteiger partial charge on any atom is 0.232 e. The van der Waals surface area contributed by atoms with Crippen molar-refractivity contribution >= 4 is 26.7 Å². The maximum atomic E-state index is 14.7. The number of rotatable bonds is 7. The third-order valence-electron chi connectivity index (χ3n) is 7.27. The molecule has 1 aliphatic rings. The van der Waals surface area contributed by atoms with Crippen LogP contribution in [0.2, 0.25) is 0 Å². The molecular weight excluding hydrogens is 520 g/mol. The Balaban J connectivity index is 1.41. The van der Waals surface area contributed by atoms with Gasteiger partial charge in [-0.25, -0.2) is 22.2 Å². The Hall–Kier alpha value is -4.05. The summed E-state index contributed by atoms with van der Waals surface area (Å²) in [6.45, 7) is 1.53. The minimum atomic E-state index is -3.59. The van der Waals surface area contributed by atoms with Crippen molar-refractivity contribution in [2.45, 2.75) is 38.6 Å². The van der Waals surface area contributed by atoms with E-state index in [4.69, 9.17) is 0 Å². The molecule has 2 heterocycles. The van der Waals surface area contributed by atoms with Crippen molar-refractivity contribution in [1.29, 1.82) is 0 Å². The van der Waals surface area contributed by atoms with E-state index in [9.17, 15) is 17.2 Å². The third-order valence-corrected chi connectivity index (χ3v) is 8.58. The van der Waals surface area contributed by atoms with Crippen molar-refractivity contribution < 1.29 is 17.2 Å². The Morgan fingerprint density at radius 2 is 1.79 bits per heavy atom. The van der Waals surface area contributed by atoms with Crippen LogP contribution in [0, 0.1) is 11.6 Å². The number of benzene rings is 3. The van der Waals surface area contributed by atoms with Crippen LogP contribution in [0.15, 0.2) is 73.3 Å². The second kappa shape index (κ2) is 9.92. The van der Waals surface area contributed by atoms with Gasteiger partial charge in [0.05, 0.1) is 34.7 Å². The van der Waals surface area contributed by atoms with Gasteiger partial charge in [0.25, 0.3) is 0 Å². The van der Waals surface area contributed by atoms with Crippen molar-refractivity contribution in [1.82, 2.24) is 19.3 Å². The molecule has 0 spiro atoms. The standard InChI is InChI=1S/C29H27F2N5O2S/c1-2-39(37,38)34-23-11-20(26-9-8-22(30)14-27(26)31)12-25(15-23)35-18-32-28-13-19(7-10-29(28)35)21-16-33-36(17-21)24-5-3-4-6-24/h7-18,24,34H,2-6H2,1H3. The first-order valence-corrected chi connectivity index (χ1v) is 14.6. The van der Waals surface area contributed by atoms with Gasteiger partial charge in [0.15, 0.2) is 0 Å². The van der Waals surface area contributed by atoms with E-state index in [2.05, 4.69) is 25.7 Å². The second-order valence-corrected chi connectivity index (χ2v) is 11.9. The summed E-state index contributed by atoms with van der Waals surface area (Å²) in [7, 11) is -3.59. The molecule has 0 atom stereocenters. The molecule has 0 saturated heterocycles. The lowest BCUT2D eigenvalue weighted by Gasteiger charge is -2.14. The zero-order valence-electron chi connectivity index (χ0n) is 21.3. The summed E-state index contributed by atoms with van der Waals surface area (Å²) >= 11 is 0. The average Bonchev–Trinajstić information content (AvgIpc) is 3.68.